The summed E-state index contributed by atoms with van der Waals surface area (Å²) in [6.07, 6.45) is 0. The molecule has 128 valence electrons. The molecule has 0 saturated heterocycles. The van der Waals surface area contributed by atoms with Gasteiger partial charge in [0.25, 0.3) is 21.4 Å². The van der Waals surface area contributed by atoms with Crippen LogP contribution in [0.25, 0.3) is 10.2 Å². The van der Waals surface area contributed by atoms with Gasteiger partial charge in [-0.2, -0.15) is 0 Å². The van der Waals surface area contributed by atoms with Crippen molar-refractivity contribution in [3.05, 3.63) is 62.7 Å². The molecule has 10 nitrogen and oxygen atoms in total. The van der Waals surface area contributed by atoms with Gasteiger partial charge in [-0.3, -0.25) is 25.0 Å². The molecule has 0 aliphatic heterocycles. The molecular weight excluding hydrogens is 372 g/mol. The van der Waals surface area contributed by atoms with Crippen molar-refractivity contribution >= 4 is 48.1 Å². The fourth-order valence-corrected chi connectivity index (χ4v) is 4.13. The lowest BCUT2D eigenvalue weighted by molar-refractivity contribution is -0.385. The molecule has 0 atom stereocenters. The Kier molecular flexibility index (Phi) is 4.06. The lowest BCUT2D eigenvalue weighted by Crippen LogP contribution is -2.12. The third-order valence-corrected chi connectivity index (χ3v) is 5.58. The van der Waals surface area contributed by atoms with Crippen LogP contribution in [0.3, 0.4) is 0 Å². The smallest absolute Gasteiger partial charge is 0.258 e. The first kappa shape index (κ1) is 16.7. The molecule has 2 aromatic carbocycles. The molecule has 0 fully saturated rings. The number of benzene rings is 2. The van der Waals surface area contributed by atoms with Crippen LogP contribution < -0.4 is 4.72 Å². The van der Waals surface area contributed by atoms with Gasteiger partial charge in [-0.25, -0.2) is 13.4 Å². The molecule has 1 N–H and O–H groups in total. The van der Waals surface area contributed by atoms with Crippen molar-refractivity contribution in [1.82, 2.24) is 4.98 Å². The minimum absolute atomic E-state index is 0.0360. The van der Waals surface area contributed by atoms with Gasteiger partial charge < -0.3 is 0 Å². The molecule has 12 heteroatoms. The van der Waals surface area contributed by atoms with Crippen molar-refractivity contribution < 1.29 is 18.3 Å². The van der Waals surface area contributed by atoms with Crippen molar-refractivity contribution in [3.63, 3.8) is 0 Å². The zero-order valence-electron chi connectivity index (χ0n) is 12.1. The zero-order valence-corrected chi connectivity index (χ0v) is 13.8. The first-order valence-corrected chi connectivity index (χ1v) is 8.88. The van der Waals surface area contributed by atoms with Crippen LogP contribution in [0.1, 0.15) is 0 Å². The molecule has 0 aliphatic carbocycles. The average molecular weight is 380 g/mol. The van der Waals surface area contributed by atoms with Crippen LogP contribution in [-0.2, 0) is 10.0 Å². The van der Waals surface area contributed by atoms with E-state index < -0.39 is 19.9 Å². The normalized spacial score (nSPS) is 11.4. The van der Waals surface area contributed by atoms with E-state index in [1.807, 2.05) is 0 Å². The van der Waals surface area contributed by atoms with Crippen molar-refractivity contribution in [2.24, 2.45) is 0 Å². The van der Waals surface area contributed by atoms with E-state index in [1.54, 1.807) is 0 Å². The van der Waals surface area contributed by atoms with E-state index in [4.69, 9.17) is 0 Å². The Morgan fingerprint density at radius 1 is 0.960 bits per heavy atom. The van der Waals surface area contributed by atoms with Gasteiger partial charge in [0, 0.05) is 24.3 Å². The fourth-order valence-electron chi connectivity index (χ4n) is 1.99. The quantitative estimate of drug-likeness (QED) is 0.529. The lowest BCUT2D eigenvalue weighted by atomic mass is 10.3. The van der Waals surface area contributed by atoms with Crippen molar-refractivity contribution in [2.45, 2.75) is 4.90 Å². The summed E-state index contributed by atoms with van der Waals surface area (Å²) in [5.41, 5.74) is 0.0594. The molecule has 0 saturated carbocycles. The SMILES string of the molecule is O=[N+]([O-])c1ccc(S(=O)(=O)Nc2nc3ccc([N+](=O)[O-])cc3s2)cc1. The van der Waals surface area contributed by atoms with Crippen LogP contribution >= 0.6 is 11.3 Å². The maximum atomic E-state index is 12.3. The summed E-state index contributed by atoms with van der Waals surface area (Å²) in [7, 11) is -3.99. The number of anilines is 1. The van der Waals surface area contributed by atoms with Gasteiger partial charge >= 0.3 is 0 Å². The number of nitrogens with zero attached hydrogens (tertiary/aromatic N) is 3. The van der Waals surface area contributed by atoms with E-state index in [2.05, 4.69) is 9.71 Å². The molecule has 0 unspecified atom stereocenters. The largest absolute Gasteiger partial charge is 0.270 e. The fraction of sp³-hybridized carbons (Fsp3) is 0. The number of nitro groups is 2. The van der Waals surface area contributed by atoms with Crippen molar-refractivity contribution in [1.29, 1.82) is 0 Å². The molecule has 0 radical (unpaired) electrons. The van der Waals surface area contributed by atoms with Crippen LogP contribution in [0.5, 0.6) is 0 Å². The highest BCUT2D eigenvalue weighted by Crippen LogP contribution is 2.30. The molecule has 25 heavy (non-hydrogen) atoms. The van der Waals surface area contributed by atoms with Gasteiger partial charge in [0.2, 0.25) is 0 Å². The molecule has 0 bridgehead atoms. The van der Waals surface area contributed by atoms with Crippen LogP contribution in [0.2, 0.25) is 0 Å². The predicted molar refractivity (Wildman–Crippen MR) is 90.2 cm³/mol. The Hall–Kier alpha value is -3.12. The average Bonchev–Trinajstić information content (AvgIpc) is 2.95. The van der Waals surface area contributed by atoms with Gasteiger partial charge in [0.15, 0.2) is 5.13 Å². The third-order valence-electron chi connectivity index (χ3n) is 3.16. The van der Waals surface area contributed by atoms with Gasteiger partial charge in [-0.1, -0.05) is 11.3 Å². The highest BCUT2D eigenvalue weighted by Gasteiger charge is 2.18. The van der Waals surface area contributed by atoms with E-state index in [1.165, 1.54) is 18.2 Å². The number of hydrogen-bond donors (Lipinski definition) is 1. The van der Waals surface area contributed by atoms with Gasteiger partial charge in [-0.05, 0) is 18.2 Å². The number of fused-ring (bicyclic) bond motifs is 1. The number of sulfonamides is 1. The maximum absolute atomic E-state index is 12.3. The molecule has 3 rings (SSSR count). The topological polar surface area (TPSA) is 145 Å². The Bertz CT molecular complexity index is 1090. The number of non-ortho nitro benzene ring substituents is 2. The Morgan fingerprint density at radius 2 is 1.56 bits per heavy atom. The summed E-state index contributed by atoms with van der Waals surface area (Å²) in [4.78, 5) is 24.1. The van der Waals surface area contributed by atoms with Crippen LogP contribution in [-0.4, -0.2) is 23.2 Å². The minimum Gasteiger partial charge on any atom is -0.258 e. The monoisotopic (exact) mass is 380 g/mol. The maximum Gasteiger partial charge on any atom is 0.270 e. The summed E-state index contributed by atoms with van der Waals surface area (Å²) in [6.45, 7) is 0. The van der Waals surface area contributed by atoms with Gasteiger partial charge in [0.1, 0.15) is 0 Å². The van der Waals surface area contributed by atoms with E-state index in [0.29, 0.717) is 10.2 Å². The number of rotatable bonds is 5. The molecule has 3 aromatic rings. The summed E-state index contributed by atoms with van der Waals surface area (Å²) < 4.78 is 27.3. The molecule has 0 amide bonds. The van der Waals surface area contributed by atoms with E-state index in [0.717, 1.165) is 35.6 Å². The second kappa shape index (κ2) is 6.07. The number of thiazole rings is 1. The summed E-state index contributed by atoms with van der Waals surface area (Å²) in [6, 6.07) is 8.38. The lowest BCUT2D eigenvalue weighted by Gasteiger charge is -2.04. The molecule has 0 aliphatic rings. The first-order chi connectivity index (χ1) is 11.8. The second-order valence-corrected chi connectivity index (χ2v) is 7.50. The Labute approximate surface area is 144 Å². The minimum atomic E-state index is -3.99. The van der Waals surface area contributed by atoms with Crippen LogP contribution in [0.4, 0.5) is 16.5 Å². The Balaban J connectivity index is 1.91. The molecule has 0 spiro atoms. The van der Waals surface area contributed by atoms with E-state index in [-0.39, 0.29) is 21.4 Å². The van der Waals surface area contributed by atoms with Gasteiger partial charge in [-0.15, -0.1) is 0 Å². The van der Waals surface area contributed by atoms with E-state index in [9.17, 15) is 28.6 Å². The molecule has 1 heterocycles. The zero-order chi connectivity index (χ0) is 18.2. The number of aromatic nitrogens is 1. The number of hydrogen-bond acceptors (Lipinski definition) is 8. The molecular formula is C13H8N4O6S2. The summed E-state index contributed by atoms with van der Waals surface area (Å²) in [5, 5.41) is 21.4. The second-order valence-electron chi connectivity index (χ2n) is 4.78. The van der Waals surface area contributed by atoms with Crippen LogP contribution in [0, 0.1) is 20.2 Å². The third kappa shape index (κ3) is 3.39. The number of nitrogens with one attached hydrogen (secondary N) is 1. The predicted octanol–water partition coefficient (Wildman–Crippen LogP) is 2.91. The first-order valence-electron chi connectivity index (χ1n) is 6.58. The van der Waals surface area contributed by atoms with Crippen molar-refractivity contribution in [3.8, 4) is 0 Å². The van der Waals surface area contributed by atoms with Gasteiger partial charge in [0.05, 0.1) is 25.0 Å². The Morgan fingerprint density at radius 3 is 2.16 bits per heavy atom. The van der Waals surface area contributed by atoms with Crippen LogP contribution in [0.15, 0.2) is 47.4 Å². The standard InChI is InChI=1S/C13H8N4O6S2/c18-16(19)8-1-4-10(5-2-8)25(22,23)15-13-14-11-6-3-9(17(20)21)7-12(11)24-13/h1-7H,(H,14,15). The van der Waals surface area contributed by atoms with E-state index >= 15 is 0 Å². The number of nitro benzene ring substituents is 2. The summed E-state index contributed by atoms with van der Waals surface area (Å²) in [5.74, 6) is 0. The summed E-state index contributed by atoms with van der Waals surface area (Å²) >= 11 is 0.944. The highest BCUT2D eigenvalue weighted by molar-refractivity contribution is 7.93. The molecule has 1 aromatic heterocycles. The highest BCUT2D eigenvalue weighted by atomic mass is 32.2. The van der Waals surface area contributed by atoms with Crippen molar-refractivity contribution in [2.75, 3.05) is 4.72 Å².